The first-order chi connectivity index (χ1) is 17.8. The van der Waals surface area contributed by atoms with Crippen LogP contribution in [-0.2, 0) is 26.3 Å². The highest BCUT2D eigenvalue weighted by atomic mass is 32.2. The molecule has 0 saturated carbocycles. The molecule has 0 aliphatic carbocycles. The van der Waals surface area contributed by atoms with Gasteiger partial charge >= 0.3 is 21.7 Å². The number of likely N-dealkylation sites (N-methyl/N-ethyl adjacent to an activating group) is 1. The Morgan fingerprint density at radius 2 is 1.84 bits per heavy atom. The summed E-state index contributed by atoms with van der Waals surface area (Å²) in [5, 5.41) is 0. The number of anilines is 2. The van der Waals surface area contributed by atoms with E-state index in [9.17, 15) is 18.0 Å². The first-order valence-electron chi connectivity index (χ1n) is 11.7. The van der Waals surface area contributed by atoms with Gasteiger partial charge in [0.05, 0.1) is 31.7 Å². The maximum absolute atomic E-state index is 13.8. The summed E-state index contributed by atoms with van der Waals surface area (Å²) in [6.45, 7) is 2.58. The van der Waals surface area contributed by atoms with Crippen LogP contribution in [0.3, 0.4) is 0 Å². The zero-order chi connectivity index (χ0) is 26.2. The predicted molar refractivity (Wildman–Crippen MR) is 136 cm³/mol. The molecule has 2 fully saturated rings. The average Bonchev–Trinajstić information content (AvgIpc) is 3.19. The number of carbonyl (C=O) groups is 1. The summed E-state index contributed by atoms with van der Waals surface area (Å²) >= 11 is 0. The molecule has 0 radical (unpaired) electrons. The summed E-state index contributed by atoms with van der Waals surface area (Å²) in [6, 6.07) is 10.9. The van der Waals surface area contributed by atoms with Crippen molar-refractivity contribution in [3.05, 3.63) is 64.2 Å². The van der Waals surface area contributed by atoms with Gasteiger partial charge in [0.1, 0.15) is 6.61 Å². The van der Waals surface area contributed by atoms with E-state index in [0.717, 1.165) is 5.56 Å². The van der Waals surface area contributed by atoms with Crippen molar-refractivity contribution in [3.8, 4) is 5.75 Å². The Morgan fingerprint density at radius 3 is 2.49 bits per heavy atom. The maximum atomic E-state index is 13.8. The number of methoxy groups -OCH3 is 1. The number of ether oxygens (including phenoxy) is 3. The highest BCUT2D eigenvalue weighted by molar-refractivity contribution is 7.90. The minimum atomic E-state index is -3.85. The van der Waals surface area contributed by atoms with Crippen LogP contribution in [0.25, 0.3) is 5.65 Å². The fourth-order valence-corrected chi connectivity index (χ4v) is 5.68. The number of benzene rings is 1. The number of fused-ring (bicyclic) bond motifs is 1. The molecule has 2 saturated heterocycles. The predicted octanol–water partition coefficient (Wildman–Crippen LogP) is 0.893. The van der Waals surface area contributed by atoms with Gasteiger partial charge in [0.25, 0.3) is 0 Å². The van der Waals surface area contributed by atoms with Gasteiger partial charge in [-0.25, -0.2) is 9.78 Å². The van der Waals surface area contributed by atoms with Crippen molar-refractivity contribution in [1.82, 2.24) is 13.7 Å². The second-order valence-corrected chi connectivity index (χ2v) is 10.6. The van der Waals surface area contributed by atoms with Crippen LogP contribution < -0.4 is 19.5 Å². The molecule has 13 heteroatoms. The van der Waals surface area contributed by atoms with Crippen molar-refractivity contribution in [2.24, 2.45) is 0 Å². The molecule has 3 aromatic rings. The number of pyridine rings is 1. The van der Waals surface area contributed by atoms with Crippen LogP contribution in [-0.4, -0.2) is 81.6 Å². The summed E-state index contributed by atoms with van der Waals surface area (Å²) in [5.74, 6) is -1.15. The first kappa shape index (κ1) is 25.0. The molecule has 12 nitrogen and oxygen atoms in total. The number of carbonyl (C=O) groups excluding carboxylic acids is 1. The van der Waals surface area contributed by atoms with E-state index >= 15 is 0 Å². The lowest BCUT2D eigenvalue weighted by molar-refractivity contribution is 0.0588. The molecular formula is C24H27N5O7S. The van der Waals surface area contributed by atoms with Gasteiger partial charge in [-0.05, 0) is 11.6 Å². The van der Waals surface area contributed by atoms with Crippen LogP contribution in [0.5, 0.6) is 5.75 Å². The quantitative estimate of drug-likeness (QED) is 0.429. The lowest BCUT2D eigenvalue weighted by Crippen LogP contribution is -2.37. The number of hydrogen-bond donors (Lipinski definition) is 0. The summed E-state index contributed by atoms with van der Waals surface area (Å²) in [6.07, 6.45) is 1.59. The zero-order valence-corrected chi connectivity index (χ0v) is 21.3. The van der Waals surface area contributed by atoms with E-state index in [1.165, 1.54) is 27.2 Å². The van der Waals surface area contributed by atoms with E-state index in [0.29, 0.717) is 32.0 Å². The molecule has 196 valence electrons. The van der Waals surface area contributed by atoms with Gasteiger partial charge in [0.2, 0.25) is 5.75 Å². The Morgan fingerprint density at radius 1 is 1.11 bits per heavy atom. The smallest absolute Gasteiger partial charge is 0.360 e. The molecule has 2 aliphatic rings. The lowest BCUT2D eigenvalue weighted by Gasteiger charge is -2.30. The van der Waals surface area contributed by atoms with E-state index in [1.54, 1.807) is 12.3 Å². The minimum Gasteiger partial charge on any atom is -0.481 e. The number of aromatic nitrogens is 2. The molecule has 4 heterocycles. The van der Waals surface area contributed by atoms with Crippen molar-refractivity contribution in [3.63, 3.8) is 0 Å². The zero-order valence-electron chi connectivity index (χ0n) is 20.5. The van der Waals surface area contributed by atoms with Gasteiger partial charge in [-0.3, -0.25) is 13.5 Å². The van der Waals surface area contributed by atoms with Crippen LogP contribution in [0, 0.1) is 0 Å². The van der Waals surface area contributed by atoms with Crippen LogP contribution in [0.4, 0.5) is 11.4 Å². The monoisotopic (exact) mass is 529 g/mol. The fourth-order valence-electron chi connectivity index (χ4n) is 4.34. The maximum Gasteiger partial charge on any atom is 0.360 e. The van der Waals surface area contributed by atoms with E-state index < -0.39 is 21.7 Å². The van der Waals surface area contributed by atoms with Gasteiger partial charge in [0, 0.05) is 39.4 Å². The molecule has 2 aliphatic heterocycles. The molecule has 0 bridgehead atoms. The average molecular weight is 530 g/mol. The molecular weight excluding hydrogens is 502 g/mol. The molecule has 5 rings (SSSR count). The highest BCUT2D eigenvalue weighted by Gasteiger charge is 2.36. The molecule has 2 aromatic heterocycles. The van der Waals surface area contributed by atoms with Crippen LogP contribution >= 0.6 is 0 Å². The Bertz CT molecular complexity index is 1490. The molecule has 37 heavy (non-hydrogen) atoms. The van der Waals surface area contributed by atoms with E-state index in [1.807, 2.05) is 35.2 Å². The largest absolute Gasteiger partial charge is 0.481 e. The van der Waals surface area contributed by atoms with Crippen molar-refractivity contribution in [2.75, 3.05) is 62.8 Å². The number of esters is 1. The first-order valence-corrected chi connectivity index (χ1v) is 13.1. The van der Waals surface area contributed by atoms with Gasteiger partial charge in [-0.2, -0.15) is 12.7 Å². The number of rotatable bonds is 6. The summed E-state index contributed by atoms with van der Waals surface area (Å²) in [4.78, 5) is 32.9. The van der Waals surface area contributed by atoms with E-state index in [-0.39, 0.29) is 42.5 Å². The lowest BCUT2D eigenvalue weighted by atomic mass is 10.2. The topological polar surface area (TPSA) is 123 Å². The fraction of sp³-hybridized carbons (Fsp3) is 0.375. The van der Waals surface area contributed by atoms with Crippen molar-refractivity contribution >= 4 is 33.2 Å². The molecule has 0 atom stereocenters. The number of hydrogen-bond acceptors (Lipinski definition) is 9. The van der Waals surface area contributed by atoms with Crippen molar-refractivity contribution < 1.29 is 27.4 Å². The van der Waals surface area contributed by atoms with Gasteiger partial charge < -0.3 is 19.1 Å². The summed E-state index contributed by atoms with van der Waals surface area (Å²) in [7, 11) is -1.18. The third-order valence-corrected chi connectivity index (χ3v) is 8.30. The molecule has 0 unspecified atom stereocenters. The summed E-state index contributed by atoms with van der Waals surface area (Å²) < 4.78 is 46.0. The number of nitrogens with zero attached hydrogens (tertiary/aromatic N) is 5. The van der Waals surface area contributed by atoms with Gasteiger partial charge in [-0.15, -0.1) is 0 Å². The molecule has 0 amide bonds. The SMILES string of the molecule is COC(=O)c1nc2c(N3CCN(C)S3(=O)=O)cc(N3CCOCC3)cn2c(=O)c1OCc1ccccc1. The standard InChI is InChI=1S/C24H27N5O7S/c1-26-8-9-29(37(26,32)33)19-14-18(27-10-12-35-13-11-27)15-28-22(19)25-20(24(31)34-2)21(23(28)30)36-16-17-6-4-3-5-7-17/h3-7,14-15H,8-13,16H2,1-2H3. The van der Waals surface area contributed by atoms with E-state index in [2.05, 4.69) is 4.98 Å². The van der Waals surface area contributed by atoms with Crippen molar-refractivity contribution in [1.29, 1.82) is 0 Å². The molecule has 0 spiro atoms. The second kappa shape index (κ2) is 10.00. The highest BCUT2D eigenvalue weighted by Crippen LogP contribution is 2.32. The Balaban J connectivity index is 1.72. The normalized spacial score (nSPS) is 17.8. The van der Waals surface area contributed by atoms with Crippen LogP contribution in [0.15, 0.2) is 47.4 Å². The molecule has 1 aromatic carbocycles. The van der Waals surface area contributed by atoms with Crippen LogP contribution in [0.2, 0.25) is 0 Å². The Labute approximate surface area is 213 Å². The second-order valence-electron chi connectivity index (χ2n) is 8.64. The summed E-state index contributed by atoms with van der Waals surface area (Å²) in [5.41, 5.74) is 0.631. The third-order valence-electron chi connectivity index (χ3n) is 6.39. The van der Waals surface area contributed by atoms with Gasteiger partial charge in [0.15, 0.2) is 11.3 Å². The van der Waals surface area contributed by atoms with Crippen molar-refractivity contribution in [2.45, 2.75) is 6.61 Å². The van der Waals surface area contributed by atoms with Gasteiger partial charge in [-0.1, -0.05) is 30.3 Å². The van der Waals surface area contributed by atoms with E-state index in [4.69, 9.17) is 14.2 Å². The number of morpholine rings is 1. The third kappa shape index (κ3) is 4.61. The van der Waals surface area contributed by atoms with Crippen LogP contribution in [0.1, 0.15) is 16.1 Å². The molecule has 0 N–H and O–H groups in total. The Kier molecular flexibility index (Phi) is 6.75. The minimum absolute atomic E-state index is 0.00773. The Hall–Kier alpha value is -3.68.